The fourth-order valence-electron chi connectivity index (χ4n) is 5.16. The van der Waals surface area contributed by atoms with Gasteiger partial charge in [-0.05, 0) is 26.3 Å². The number of carbonyl (C=O) groups excluding carboxylic acids is 2. The third-order valence-electron chi connectivity index (χ3n) is 7.15. The molecule has 13 heteroatoms. The summed E-state index contributed by atoms with van der Waals surface area (Å²) in [5, 5.41) is 14.6. The molecule has 12 nitrogen and oxygen atoms in total. The Balaban J connectivity index is 1.18. The van der Waals surface area contributed by atoms with E-state index in [1.54, 1.807) is 10.3 Å². The quantitative estimate of drug-likeness (QED) is 0.566. The van der Waals surface area contributed by atoms with Crippen LogP contribution in [-0.4, -0.2) is 119 Å². The van der Waals surface area contributed by atoms with Crippen molar-refractivity contribution in [3.8, 4) is 6.07 Å². The largest absolute Gasteiger partial charge is 0.378 e. The molecular weight excluding hydrogens is 506 g/mol. The molecule has 3 fully saturated rings. The Morgan fingerprint density at radius 3 is 2.58 bits per heavy atom. The number of nitrogens with one attached hydrogen (secondary N) is 1. The van der Waals surface area contributed by atoms with Crippen molar-refractivity contribution in [1.82, 2.24) is 34.6 Å². The number of piperidine rings is 1. The maximum atomic E-state index is 13.1. The van der Waals surface area contributed by atoms with E-state index in [4.69, 9.17) is 10.00 Å². The molecule has 0 bridgehead atoms. The molecule has 0 aromatic carbocycles. The van der Waals surface area contributed by atoms with E-state index in [2.05, 4.69) is 31.2 Å². The highest BCUT2D eigenvalue weighted by Crippen LogP contribution is 2.28. The number of anilines is 2. The van der Waals surface area contributed by atoms with E-state index in [9.17, 15) is 9.59 Å². The van der Waals surface area contributed by atoms with Gasteiger partial charge in [-0.15, -0.1) is 11.3 Å². The molecule has 2 aromatic heterocycles. The van der Waals surface area contributed by atoms with E-state index in [-0.39, 0.29) is 17.9 Å². The molecule has 5 rings (SSSR count). The first kappa shape index (κ1) is 26.3. The molecule has 0 aliphatic carbocycles. The van der Waals surface area contributed by atoms with Gasteiger partial charge in [0, 0.05) is 63.2 Å². The zero-order valence-corrected chi connectivity index (χ0v) is 22.5. The molecule has 0 saturated carbocycles. The van der Waals surface area contributed by atoms with Crippen LogP contribution >= 0.6 is 11.3 Å². The zero-order valence-electron chi connectivity index (χ0n) is 21.6. The first-order valence-corrected chi connectivity index (χ1v) is 14.0. The second-order valence-electron chi connectivity index (χ2n) is 9.78. The highest BCUT2D eigenvalue weighted by atomic mass is 32.1. The third kappa shape index (κ3) is 6.20. The van der Waals surface area contributed by atoms with E-state index < -0.39 is 0 Å². The van der Waals surface area contributed by atoms with Crippen LogP contribution in [0, 0.1) is 18.3 Å². The highest BCUT2D eigenvalue weighted by Gasteiger charge is 2.29. The van der Waals surface area contributed by atoms with Crippen molar-refractivity contribution in [2.45, 2.75) is 25.7 Å². The van der Waals surface area contributed by atoms with Gasteiger partial charge in [0.25, 0.3) is 5.91 Å². The number of aromatic nitrogens is 3. The first-order valence-electron chi connectivity index (χ1n) is 13.1. The van der Waals surface area contributed by atoms with Crippen molar-refractivity contribution in [3.63, 3.8) is 0 Å². The molecule has 3 aliphatic rings. The Labute approximate surface area is 226 Å². The van der Waals surface area contributed by atoms with Crippen LogP contribution in [0.15, 0.2) is 11.4 Å². The number of aryl methyl sites for hydroxylation is 1. The predicted molar refractivity (Wildman–Crippen MR) is 141 cm³/mol. The molecule has 0 unspecified atom stereocenters. The van der Waals surface area contributed by atoms with Crippen molar-refractivity contribution < 1.29 is 14.3 Å². The van der Waals surface area contributed by atoms with Crippen molar-refractivity contribution in [2.75, 3.05) is 77.4 Å². The molecular formula is C25H33N9O3S. The van der Waals surface area contributed by atoms with Crippen molar-refractivity contribution in [3.05, 3.63) is 28.7 Å². The lowest BCUT2D eigenvalue weighted by molar-refractivity contribution is 0.0362. The topological polar surface area (TPSA) is 131 Å². The summed E-state index contributed by atoms with van der Waals surface area (Å²) >= 11 is 1.36. The Bertz CT molecular complexity index is 1180. The molecule has 3 saturated heterocycles. The normalized spacial score (nSPS) is 20.7. The van der Waals surface area contributed by atoms with Crippen molar-refractivity contribution in [2.24, 2.45) is 0 Å². The predicted octanol–water partition coefficient (Wildman–Crippen LogP) is 1.90. The number of thiazole rings is 1. The molecule has 3 amide bonds. The van der Waals surface area contributed by atoms with Gasteiger partial charge in [-0.1, -0.05) is 0 Å². The van der Waals surface area contributed by atoms with E-state index in [0.29, 0.717) is 81.5 Å². The lowest BCUT2D eigenvalue weighted by Crippen LogP contribution is -2.55. The van der Waals surface area contributed by atoms with Gasteiger partial charge in [-0.2, -0.15) is 5.26 Å². The van der Waals surface area contributed by atoms with Crippen LogP contribution in [0.2, 0.25) is 0 Å². The van der Waals surface area contributed by atoms with Gasteiger partial charge in [-0.3, -0.25) is 9.69 Å². The number of ether oxygens (including phenoxy) is 1. The van der Waals surface area contributed by atoms with Gasteiger partial charge >= 0.3 is 6.03 Å². The first-order chi connectivity index (χ1) is 18.5. The minimum Gasteiger partial charge on any atom is -0.378 e. The summed E-state index contributed by atoms with van der Waals surface area (Å²) in [6.07, 6.45) is 2.06. The molecule has 0 spiro atoms. The molecule has 202 valence electrons. The van der Waals surface area contributed by atoms with E-state index in [0.717, 1.165) is 31.6 Å². The number of hydrogen-bond donors (Lipinski definition) is 1. The van der Waals surface area contributed by atoms with Crippen LogP contribution in [-0.2, 0) is 4.74 Å². The number of nitrogens with zero attached hydrogens (tertiary/aromatic N) is 8. The monoisotopic (exact) mass is 539 g/mol. The number of urea groups is 1. The summed E-state index contributed by atoms with van der Waals surface area (Å²) in [6.45, 7) is 8.39. The van der Waals surface area contributed by atoms with Gasteiger partial charge in [0.15, 0.2) is 5.13 Å². The maximum Gasteiger partial charge on any atom is 0.320 e. The smallest absolute Gasteiger partial charge is 0.320 e. The van der Waals surface area contributed by atoms with Gasteiger partial charge in [0.2, 0.25) is 0 Å². The number of piperazine rings is 1. The lowest BCUT2D eigenvalue weighted by Gasteiger charge is -2.38. The van der Waals surface area contributed by atoms with Crippen molar-refractivity contribution >= 4 is 34.2 Å². The summed E-state index contributed by atoms with van der Waals surface area (Å²) < 4.78 is 5.33. The number of likely N-dealkylation sites (tertiary alicyclic amines) is 1. The molecule has 2 aromatic rings. The van der Waals surface area contributed by atoms with Crippen LogP contribution < -0.4 is 5.32 Å². The van der Waals surface area contributed by atoms with E-state index in [1.165, 1.54) is 11.3 Å². The zero-order chi connectivity index (χ0) is 26.5. The number of hydrogen-bond acceptors (Lipinski definition) is 10. The van der Waals surface area contributed by atoms with Crippen LogP contribution in [0.25, 0.3) is 0 Å². The van der Waals surface area contributed by atoms with Crippen LogP contribution in [0.1, 0.15) is 40.8 Å². The number of morpholine rings is 1. The summed E-state index contributed by atoms with van der Waals surface area (Å²) in [6, 6.07) is 4.21. The summed E-state index contributed by atoms with van der Waals surface area (Å²) in [5.74, 6) is 1.43. The Morgan fingerprint density at radius 2 is 1.82 bits per heavy atom. The fourth-order valence-corrected chi connectivity index (χ4v) is 5.85. The Hall–Kier alpha value is -3.34. The molecule has 0 radical (unpaired) electrons. The van der Waals surface area contributed by atoms with E-state index in [1.807, 2.05) is 22.8 Å². The van der Waals surface area contributed by atoms with Crippen LogP contribution in [0.4, 0.5) is 15.7 Å². The Morgan fingerprint density at radius 1 is 1.08 bits per heavy atom. The minimum atomic E-state index is -0.132. The van der Waals surface area contributed by atoms with Crippen LogP contribution in [0.5, 0.6) is 0 Å². The maximum absolute atomic E-state index is 13.1. The lowest BCUT2D eigenvalue weighted by atomic mass is 9.94. The molecule has 1 N–H and O–H groups in total. The summed E-state index contributed by atoms with van der Waals surface area (Å²) in [5.41, 5.74) is 1.34. The van der Waals surface area contributed by atoms with Gasteiger partial charge in [0.1, 0.15) is 17.3 Å². The third-order valence-corrected chi connectivity index (χ3v) is 7.91. The van der Waals surface area contributed by atoms with Gasteiger partial charge < -0.3 is 24.8 Å². The van der Waals surface area contributed by atoms with Crippen molar-refractivity contribution in [1.29, 1.82) is 5.26 Å². The summed E-state index contributed by atoms with van der Waals surface area (Å²) in [4.78, 5) is 47.1. The fraction of sp³-hybridized carbons (Fsp3) is 0.600. The van der Waals surface area contributed by atoms with Gasteiger partial charge in [-0.25, -0.2) is 19.7 Å². The van der Waals surface area contributed by atoms with Crippen LogP contribution in [0.3, 0.4) is 0 Å². The van der Waals surface area contributed by atoms with Gasteiger partial charge in [0.05, 0.1) is 31.5 Å². The number of nitriles is 1. The van der Waals surface area contributed by atoms with E-state index >= 15 is 0 Å². The average Bonchev–Trinajstić information content (AvgIpc) is 3.41. The number of rotatable bonds is 5. The number of amides is 3. The second-order valence-corrected chi connectivity index (χ2v) is 10.6. The molecule has 5 heterocycles. The SMILES string of the molecule is Cc1nc(Nc2nc(C(=O)N3CCN(C(=O)N4CCOCC4)CC3)cs2)cc([C@@H]2CCCN(CC#N)C2)n1. The highest BCUT2D eigenvalue weighted by molar-refractivity contribution is 7.14. The molecule has 38 heavy (non-hydrogen) atoms. The number of carbonyl (C=O) groups is 2. The second kappa shape index (κ2) is 12.0. The average molecular weight is 540 g/mol. The standard InChI is InChI=1S/C25H33N9O3S/c1-18-27-20(19-3-2-5-31(16-19)6-4-26)15-22(28-18)30-24-29-21(17-38-24)23(35)32-7-9-33(10-8-32)25(36)34-11-13-37-14-12-34/h15,17,19H,2-3,5-14,16H2,1H3,(H,27,28,29,30)/t19-/m1/s1. The summed E-state index contributed by atoms with van der Waals surface area (Å²) in [7, 11) is 0. The Kier molecular flexibility index (Phi) is 8.31. The molecule has 3 aliphatic heterocycles. The molecule has 1 atom stereocenters. The minimum absolute atomic E-state index is 0.0195.